The molecule has 1 aliphatic carbocycles. The highest BCUT2D eigenvalue weighted by molar-refractivity contribution is 5.98. The van der Waals surface area contributed by atoms with E-state index in [0.29, 0.717) is 6.04 Å². The number of imidazole rings is 1. The highest BCUT2D eigenvalue weighted by Gasteiger charge is 2.29. The summed E-state index contributed by atoms with van der Waals surface area (Å²) in [6, 6.07) is 14.5. The Morgan fingerprint density at radius 1 is 1.13 bits per heavy atom. The van der Waals surface area contributed by atoms with E-state index >= 15 is 0 Å². The molecular formula is C19H19N3O. The zero-order valence-corrected chi connectivity index (χ0v) is 12.9. The van der Waals surface area contributed by atoms with Gasteiger partial charge in [0, 0.05) is 24.0 Å². The van der Waals surface area contributed by atoms with E-state index in [1.165, 1.54) is 0 Å². The number of nitrogens with one attached hydrogen (secondary N) is 1. The largest absolute Gasteiger partial charge is 0.347 e. The van der Waals surface area contributed by atoms with Crippen LogP contribution in [0.4, 0.5) is 0 Å². The Morgan fingerprint density at radius 2 is 2.00 bits per heavy atom. The van der Waals surface area contributed by atoms with Gasteiger partial charge in [0.1, 0.15) is 0 Å². The van der Waals surface area contributed by atoms with Crippen molar-refractivity contribution >= 4 is 16.7 Å². The molecule has 0 aliphatic heterocycles. The summed E-state index contributed by atoms with van der Waals surface area (Å²) in [4.78, 5) is 16.7. The predicted octanol–water partition coefficient (Wildman–Crippen LogP) is 3.56. The maximum Gasteiger partial charge on any atom is 0.251 e. The van der Waals surface area contributed by atoms with Gasteiger partial charge in [0.05, 0.1) is 12.4 Å². The second-order valence-electron chi connectivity index (χ2n) is 6.15. The summed E-state index contributed by atoms with van der Waals surface area (Å²) in [5, 5.41) is 5.46. The van der Waals surface area contributed by atoms with Gasteiger partial charge < -0.3 is 9.88 Å². The number of hydrogen-bond acceptors (Lipinski definition) is 2. The summed E-state index contributed by atoms with van der Waals surface area (Å²) in [5.41, 5.74) is 0.722. The van der Waals surface area contributed by atoms with Crippen LogP contribution in [0.1, 0.15) is 35.7 Å². The Balaban J connectivity index is 1.54. The standard InChI is InChI=1S/C19H19N3O/c23-19(16-9-8-14-4-1-2-5-15(14)12-16)21-17-6-3-7-18(17)22-11-10-20-13-22/h1-2,4-5,8-13,17-18H,3,6-7H2,(H,21,23)/t17-,18+/m1/s1. The Kier molecular flexibility index (Phi) is 3.58. The van der Waals surface area contributed by atoms with Crippen molar-refractivity contribution in [3.63, 3.8) is 0 Å². The molecule has 1 fully saturated rings. The Bertz CT molecular complexity index is 826. The van der Waals surface area contributed by atoms with Crippen molar-refractivity contribution in [2.24, 2.45) is 0 Å². The van der Waals surface area contributed by atoms with E-state index in [0.717, 1.165) is 35.6 Å². The topological polar surface area (TPSA) is 46.9 Å². The van der Waals surface area contributed by atoms with E-state index in [9.17, 15) is 4.79 Å². The number of hydrogen-bond donors (Lipinski definition) is 1. The van der Waals surface area contributed by atoms with Crippen molar-refractivity contribution in [1.82, 2.24) is 14.9 Å². The molecule has 4 heteroatoms. The molecule has 0 saturated heterocycles. The minimum absolute atomic E-state index is 0.00719. The molecule has 116 valence electrons. The summed E-state index contributed by atoms with van der Waals surface area (Å²) in [6.07, 6.45) is 8.84. The van der Waals surface area contributed by atoms with Crippen LogP contribution in [-0.2, 0) is 0 Å². The Labute approximate surface area is 135 Å². The fraction of sp³-hybridized carbons (Fsp3) is 0.263. The number of nitrogens with zero attached hydrogens (tertiary/aromatic N) is 2. The first-order valence-corrected chi connectivity index (χ1v) is 8.08. The van der Waals surface area contributed by atoms with Gasteiger partial charge in [0.15, 0.2) is 0 Å². The Morgan fingerprint density at radius 3 is 2.83 bits per heavy atom. The maximum absolute atomic E-state index is 12.6. The van der Waals surface area contributed by atoms with Crippen LogP contribution in [0.3, 0.4) is 0 Å². The molecule has 1 N–H and O–H groups in total. The molecular weight excluding hydrogens is 286 g/mol. The van der Waals surface area contributed by atoms with Gasteiger partial charge in [0.2, 0.25) is 0 Å². The summed E-state index contributed by atoms with van der Waals surface area (Å²) in [6.45, 7) is 0. The molecule has 2 aromatic carbocycles. The fourth-order valence-electron chi connectivity index (χ4n) is 3.51. The van der Waals surface area contributed by atoms with Crippen molar-refractivity contribution in [2.45, 2.75) is 31.3 Å². The average molecular weight is 305 g/mol. The number of benzene rings is 2. The molecule has 0 unspecified atom stereocenters. The Hall–Kier alpha value is -2.62. The number of fused-ring (bicyclic) bond motifs is 1. The predicted molar refractivity (Wildman–Crippen MR) is 90.3 cm³/mol. The number of aromatic nitrogens is 2. The van der Waals surface area contributed by atoms with Gasteiger partial charge >= 0.3 is 0 Å². The monoisotopic (exact) mass is 305 g/mol. The van der Waals surface area contributed by atoms with Crippen molar-refractivity contribution in [1.29, 1.82) is 0 Å². The minimum Gasteiger partial charge on any atom is -0.347 e. The van der Waals surface area contributed by atoms with E-state index in [1.54, 1.807) is 6.20 Å². The van der Waals surface area contributed by atoms with E-state index < -0.39 is 0 Å². The van der Waals surface area contributed by atoms with Crippen LogP contribution in [-0.4, -0.2) is 21.5 Å². The van der Waals surface area contributed by atoms with Gasteiger partial charge in [-0.3, -0.25) is 4.79 Å². The molecule has 1 saturated carbocycles. The van der Waals surface area contributed by atoms with Crippen molar-refractivity contribution in [3.05, 3.63) is 66.7 Å². The number of carbonyl (C=O) groups is 1. The quantitative estimate of drug-likeness (QED) is 0.804. The third kappa shape index (κ3) is 2.72. The third-order valence-electron chi connectivity index (χ3n) is 4.72. The third-order valence-corrected chi connectivity index (χ3v) is 4.72. The fourth-order valence-corrected chi connectivity index (χ4v) is 3.51. The van der Waals surface area contributed by atoms with E-state index in [2.05, 4.69) is 20.9 Å². The molecule has 0 bridgehead atoms. The van der Waals surface area contributed by atoms with Crippen molar-refractivity contribution in [3.8, 4) is 0 Å². The summed E-state index contributed by atoms with van der Waals surface area (Å²) >= 11 is 0. The highest BCUT2D eigenvalue weighted by Crippen LogP contribution is 2.30. The minimum atomic E-state index is 0.00719. The van der Waals surface area contributed by atoms with Crippen LogP contribution < -0.4 is 5.32 Å². The lowest BCUT2D eigenvalue weighted by atomic mass is 10.1. The molecule has 1 aliphatic rings. The van der Waals surface area contributed by atoms with Crippen LogP contribution in [0.2, 0.25) is 0 Å². The van der Waals surface area contributed by atoms with Gasteiger partial charge in [-0.1, -0.05) is 30.3 Å². The van der Waals surface area contributed by atoms with E-state index in [4.69, 9.17) is 0 Å². The summed E-state index contributed by atoms with van der Waals surface area (Å²) in [7, 11) is 0. The zero-order valence-electron chi connectivity index (χ0n) is 12.9. The molecule has 1 aromatic heterocycles. The van der Waals surface area contributed by atoms with Gasteiger partial charge in [-0.2, -0.15) is 0 Å². The van der Waals surface area contributed by atoms with Crippen LogP contribution in [0.25, 0.3) is 10.8 Å². The second-order valence-corrected chi connectivity index (χ2v) is 6.15. The lowest BCUT2D eigenvalue weighted by Gasteiger charge is -2.22. The van der Waals surface area contributed by atoms with Crippen LogP contribution in [0, 0.1) is 0 Å². The lowest BCUT2D eigenvalue weighted by molar-refractivity contribution is 0.0929. The molecule has 23 heavy (non-hydrogen) atoms. The van der Waals surface area contributed by atoms with Gasteiger partial charge in [-0.15, -0.1) is 0 Å². The molecule has 4 nitrogen and oxygen atoms in total. The molecule has 1 amide bonds. The van der Waals surface area contributed by atoms with Crippen molar-refractivity contribution in [2.75, 3.05) is 0 Å². The van der Waals surface area contributed by atoms with Gasteiger partial charge in [-0.05, 0) is 42.2 Å². The first kappa shape index (κ1) is 14.0. The average Bonchev–Trinajstić information content (AvgIpc) is 3.25. The maximum atomic E-state index is 12.6. The van der Waals surface area contributed by atoms with Crippen LogP contribution >= 0.6 is 0 Å². The van der Waals surface area contributed by atoms with Gasteiger partial charge in [0.25, 0.3) is 5.91 Å². The van der Waals surface area contributed by atoms with Crippen LogP contribution in [0.5, 0.6) is 0 Å². The number of carbonyl (C=O) groups excluding carboxylic acids is 1. The summed E-state index contributed by atoms with van der Waals surface area (Å²) < 4.78 is 2.11. The smallest absolute Gasteiger partial charge is 0.251 e. The van der Waals surface area contributed by atoms with E-state index in [-0.39, 0.29) is 11.9 Å². The SMILES string of the molecule is O=C(N[C@@H]1CCC[C@@H]1n1ccnc1)c1ccc2ccccc2c1. The van der Waals surface area contributed by atoms with Gasteiger partial charge in [-0.25, -0.2) is 4.98 Å². The summed E-state index contributed by atoms with van der Waals surface area (Å²) in [5.74, 6) is 0.00719. The lowest BCUT2D eigenvalue weighted by Crippen LogP contribution is -2.38. The second kappa shape index (κ2) is 5.88. The molecule has 3 aromatic rings. The van der Waals surface area contributed by atoms with Crippen molar-refractivity contribution < 1.29 is 4.79 Å². The first-order chi connectivity index (χ1) is 11.3. The molecule has 4 rings (SSSR count). The normalized spacial score (nSPS) is 20.7. The first-order valence-electron chi connectivity index (χ1n) is 8.08. The number of amides is 1. The molecule has 0 spiro atoms. The molecule has 1 heterocycles. The van der Waals surface area contributed by atoms with E-state index in [1.807, 2.05) is 48.9 Å². The van der Waals surface area contributed by atoms with Crippen LogP contribution in [0.15, 0.2) is 61.2 Å². The highest BCUT2D eigenvalue weighted by atomic mass is 16.1. The molecule has 0 radical (unpaired) electrons. The number of rotatable bonds is 3. The zero-order chi connectivity index (χ0) is 15.6. The molecule has 2 atom stereocenters.